The lowest BCUT2D eigenvalue weighted by Gasteiger charge is -2.18. The van der Waals surface area contributed by atoms with Crippen molar-refractivity contribution in [2.45, 2.75) is 39.7 Å². The summed E-state index contributed by atoms with van der Waals surface area (Å²) in [6.45, 7) is 7.68. The molecule has 0 radical (unpaired) electrons. The molecule has 0 amide bonds. The van der Waals surface area contributed by atoms with Crippen molar-refractivity contribution in [2.24, 2.45) is 0 Å². The summed E-state index contributed by atoms with van der Waals surface area (Å²) in [4.78, 5) is 16.7. The summed E-state index contributed by atoms with van der Waals surface area (Å²) in [6.07, 6.45) is 2.32. The Bertz CT molecular complexity index is 639. The van der Waals surface area contributed by atoms with E-state index in [2.05, 4.69) is 37.0 Å². The number of nitrogens with zero attached hydrogens (tertiary/aromatic N) is 1. The number of carbonyl (C=O) groups excluding carboxylic acids is 1. The molecule has 0 saturated heterocycles. The molecule has 124 valence electrons. The average molecular weight is 332 g/mol. The van der Waals surface area contributed by atoms with Crippen LogP contribution in [0.5, 0.6) is 0 Å². The van der Waals surface area contributed by atoms with Crippen molar-refractivity contribution < 1.29 is 14.8 Å². The molecule has 1 heterocycles. The van der Waals surface area contributed by atoms with Crippen LogP contribution in [0.4, 0.5) is 0 Å². The quantitative estimate of drug-likeness (QED) is 0.753. The SMILES string of the molecule is CCCC[NH+](CC)Cc1ccccc1-c1nc(CC(=O)[O-])cs1. The van der Waals surface area contributed by atoms with Gasteiger partial charge in [0.25, 0.3) is 0 Å². The van der Waals surface area contributed by atoms with Gasteiger partial charge in [0.05, 0.1) is 18.8 Å². The summed E-state index contributed by atoms with van der Waals surface area (Å²) >= 11 is 1.50. The molecule has 2 rings (SSSR count). The van der Waals surface area contributed by atoms with Gasteiger partial charge in [-0.3, -0.25) is 0 Å². The number of hydrogen-bond donors (Lipinski definition) is 1. The first-order valence-electron chi connectivity index (χ1n) is 8.20. The average Bonchev–Trinajstić information content (AvgIpc) is 2.99. The fraction of sp³-hybridized carbons (Fsp3) is 0.444. The van der Waals surface area contributed by atoms with Crippen LogP contribution in [0.15, 0.2) is 29.6 Å². The Morgan fingerprint density at radius 1 is 1.30 bits per heavy atom. The van der Waals surface area contributed by atoms with Crippen molar-refractivity contribution in [3.05, 3.63) is 40.9 Å². The van der Waals surface area contributed by atoms with Gasteiger partial charge in [0.2, 0.25) is 0 Å². The van der Waals surface area contributed by atoms with Gasteiger partial charge in [-0.2, -0.15) is 0 Å². The molecule has 0 fully saturated rings. The molecule has 1 unspecified atom stereocenters. The number of unbranched alkanes of at least 4 members (excludes halogenated alkanes) is 1. The molecule has 0 saturated carbocycles. The van der Waals surface area contributed by atoms with Crippen molar-refractivity contribution in [3.63, 3.8) is 0 Å². The molecule has 1 aromatic carbocycles. The minimum atomic E-state index is -1.09. The van der Waals surface area contributed by atoms with Crippen LogP contribution >= 0.6 is 11.3 Å². The highest BCUT2D eigenvalue weighted by molar-refractivity contribution is 7.13. The van der Waals surface area contributed by atoms with E-state index < -0.39 is 5.97 Å². The van der Waals surface area contributed by atoms with Crippen molar-refractivity contribution in [3.8, 4) is 10.6 Å². The van der Waals surface area contributed by atoms with E-state index in [1.165, 1.54) is 36.3 Å². The molecule has 1 aromatic heterocycles. The lowest BCUT2D eigenvalue weighted by atomic mass is 10.1. The second-order valence-corrected chi connectivity index (χ2v) is 6.59. The molecule has 4 nitrogen and oxygen atoms in total. The van der Waals surface area contributed by atoms with Crippen molar-refractivity contribution >= 4 is 17.3 Å². The number of hydrogen-bond acceptors (Lipinski definition) is 4. The lowest BCUT2D eigenvalue weighted by molar-refractivity contribution is -0.912. The minimum absolute atomic E-state index is 0.124. The molecule has 2 aromatic rings. The van der Waals surface area contributed by atoms with Gasteiger partial charge in [0, 0.05) is 28.9 Å². The number of carbonyl (C=O) groups is 1. The van der Waals surface area contributed by atoms with Gasteiger partial charge < -0.3 is 14.8 Å². The third-order valence-corrected chi connectivity index (χ3v) is 4.87. The van der Waals surface area contributed by atoms with Crippen LogP contribution in [-0.2, 0) is 17.8 Å². The van der Waals surface area contributed by atoms with Crippen LogP contribution in [-0.4, -0.2) is 24.0 Å². The van der Waals surface area contributed by atoms with Gasteiger partial charge in [0.1, 0.15) is 11.6 Å². The van der Waals surface area contributed by atoms with E-state index in [0.717, 1.165) is 23.7 Å². The van der Waals surface area contributed by atoms with Crippen LogP contribution in [0, 0.1) is 0 Å². The Morgan fingerprint density at radius 3 is 2.78 bits per heavy atom. The van der Waals surface area contributed by atoms with E-state index >= 15 is 0 Å². The third-order valence-electron chi connectivity index (χ3n) is 3.95. The van der Waals surface area contributed by atoms with Crippen molar-refractivity contribution in [1.82, 2.24) is 4.98 Å². The van der Waals surface area contributed by atoms with E-state index in [1.54, 1.807) is 4.90 Å². The number of carboxylic acid groups (broad SMARTS) is 1. The first kappa shape index (κ1) is 17.6. The summed E-state index contributed by atoms with van der Waals surface area (Å²) in [5, 5.41) is 13.4. The van der Waals surface area contributed by atoms with Gasteiger partial charge in [-0.15, -0.1) is 11.3 Å². The first-order chi connectivity index (χ1) is 11.1. The normalized spacial score (nSPS) is 12.3. The molecule has 0 aliphatic rings. The second kappa shape index (κ2) is 8.79. The Balaban J connectivity index is 2.19. The number of rotatable bonds is 9. The molecule has 0 aliphatic heterocycles. The summed E-state index contributed by atoms with van der Waals surface area (Å²) in [5.74, 6) is -1.09. The monoisotopic (exact) mass is 332 g/mol. The Hall–Kier alpha value is -1.72. The zero-order chi connectivity index (χ0) is 16.7. The summed E-state index contributed by atoms with van der Waals surface area (Å²) in [5.41, 5.74) is 2.96. The fourth-order valence-corrected chi connectivity index (χ4v) is 3.51. The summed E-state index contributed by atoms with van der Waals surface area (Å²) in [6, 6.07) is 8.29. The highest BCUT2D eigenvalue weighted by atomic mass is 32.1. The van der Waals surface area contributed by atoms with Gasteiger partial charge in [-0.25, -0.2) is 4.98 Å². The molecule has 1 atom stereocenters. The maximum atomic E-state index is 10.7. The van der Waals surface area contributed by atoms with Crippen molar-refractivity contribution in [2.75, 3.05) is 13.1 Å². The zero-order valence-corrected chi connectivity index (χ0v) is 14.6. The molecular formula is C18H24N2O2S. The molecule has 0 bridgehead atoms. The predicted octanol–water partition coefficient (Wildman–Crippen LogP) is 1.31. The van der Waals surface area contributed by atoms with Gasteiger partial charge in [0.15, 0.2) is 0 Å². The van der Waals surface area contributed by atoms with Crippen LogP contribution in [0.25, 0.3) is 10.6 Å². The zero-order valence-electron chi connectivity index (χ0n) is 13.8. The molecule has 23 heavy (non-hydrogen) atoms. The highest BCUT2D eigenvalue weighted by Gasteiger charge is 2.14. The third kappa shape index (κ3) is 5.15. The van der Waals surface area contributed by atoms with E-state index in [0.29, 0.717) is 5.69 Å². The van der Waals surface area contributed by atoms with Crippen LogP contribution in [0.1, 0.15) is 37.9 Å². The molecule has 5 heteroatoms. The Kier molecular flexibility index (Phi) is 6.74. The van der Waals surface area contributed by atoms with Crippen LogP contribution in [0.2, 0.25) is 0 Å². The minimum Gasteiger partial charge on any atom is -0.550 e. The van der Waals surface area contributed by atoms with Gasteiger partial charge in [-0.1, -0.05) is 37.6 Å². The number of nitrogens with one attached hydrogen (secondary N) is 1. The molecular weight excluding hydrogens is 308 g/mol. The standard InChI is InChI=1S/C18H24N2O2S/c1-3-5-10-20(4-2)12-14-8-6-7-9-16(14)18-19-15(13-23-18)11-17(21)22/h6-9,13H,3-5,10-12H2,1-2H3,(H,21,22). The number of quaternary nitrogens is 1. The second-order valence-electron chi connectivity index (χ2n) is 5.73. The Labute approximate surface area is 141 Å². The highest BCUT2D eigenvalue weighted by Crippen LogP contribution is 2.27. The molecule has 0 spiro atoms. The van der Waals surface area contributed by atoms with Crippen LogP contribution in [0.3, 0.4) is 0 Å². The number of aliphatic carboxylic acids is 1. The summed E-state index contributed by atoms with van der Waals surface area (Å²) < 4.78 is 0. The Morgan fingerprint density at radius 2 is 2.09 bits per heavy atom. The topological polar surface area (TPSA) is 57.5 Å². The fourth-order valence-electron chi connectivity index (χ4n) is 2.63. The van der Waals surface area contributed by atoms with E-state index in [4.69, 9.17) is 0 Å². The van der Waals surface area contributed by atoms with Crippen LogP contribution < -0.4 is 10.0 Å². The number of aromatic nitrogens is 1. The maximum Gasteiger partial charge on any atom is 0.124 e. The van der Waals surface area contributed by atoms with Gasteiger partial charge in [-0.05, 0) is 13.3 Å². The lowest BCUT2D eigenvalue weighted by Crippen LogP contribution is -3.10. The van der Waals surface area contributed by atoms with E-state index in [-0.39, 0.29) is 6.42 Å². The summed E-state index contributed by atoms with van der Waals surface area (Å²) in [7, 11) is 0. The van der Waals surface area contributed by atoms with Crippen molar-refractivity contribution in [1.29, 1.82) is 0 Å². The van der Waals surface area contributed by atoms with E-state index in [1.807, 2.05) is 11.4 Å². The smallest absolute Gasteiger partial charge is 0.124 e. The van der Waals surface area contributed by atoms with E-state index in [9.17, 15) is 9.90 Å². The maximum absolute atomic E-state index is 10.7. The number of benzene rings is 1. The molecule has 0 aliphatic carbocycles. The predicted molar refractivity (Wildman–Crippen MR) is 91.2 cm³/mol. The van der Waals surface area contributed by atoms with Gasteiger partial charge >= 0.3 is 0 Å². The first-order valence-corrected chi connectivity index (χ1v) is 9.08. The largest absolute Gasteiger partial charge is 0.550 e. The number of thiazole rings is 1. The number of carboxylic acids is 1. The molecule has 1 N–H and O–H groups in total.